The number of phenolic OH excluding ortho intramolecular Hbond substituents is 4. The van der Waals surface area contributed by atoms with Crippen molar-refractivity contribution in [3.63, 3.8) is 0 Å². The van der Waals surface area contributed by atoms with Gasteiger partial charge in [-0.25, -0.2) is 0 Å². The SMILES string of the molecule is COc1ccc([C@@H]2O[C@H](c3ccc(O)c(C)c3)[C@@](C)(O)[C@@]23CCC2=C(C3)[C@@H](c3ccc(O)c(OC)c3)O[C@H]2c2ccc(O)c(C)c2)cc1O. The van der Waals surface area contributed by atoms with Crippen LogP contribution < -0.4 is 9.47 Å². The van der Waals surface area contributed by atoms with E-state index in [9.17, 15) is 25.5 Å². The number of aliphatic hydroxyl groups is 1. The molecule has 49 heavy (non-hydrogen) atoms. The lowest BCUT2D eigenvalue weighted by Gasteiger charge is -2.47. The molecular weight excluding hydrogens is 624 g/mol. The predicted molar refractivity (Wildman–Crippen MR) is 182 cm³/mol. The summed E-state index contributed by atoms with van der Waals surface area (Å²) in [5.41, 5.74) is 4.35. The summed E-state index contributed by atoms with van der Waals surface area (Å²) in [6.45, 7) is 5.49. The van der Waals surface area contributed by atoms with E-state index in [0.717, 1.165) is 33.4 Å². The summed E-state index contributed by atoms with van der Waals surface area (Å²) < 4.78 is 24.6. The summed E-state index contributed by atoms with van der Waals surface area (Å²) >= 11 is 0. The molecule has 2 heterocycles. The maximum Gasteiger partial charge on any atom is 0.160 e. The van der Waals surface area contributed by atoms with Crippen LogP contribution in [-0.4, -0.2) is 45.4 Å². The third-order valence-corrected chi connectivity index (χ3v) is 11.0. The Morgan fingerprint density at radius 1 is 0.612 bits per heavy atom. The van der Waals surface area contributed by atoms with Gasteiger partial charge in [0.1, 0.15) is 35.4 Å². The Hall–Kier alpha value is -4.70. The first kappa shape index (κ1) is 32.8. The zero-order chi connectivity index (χ0) is 34.8. The van der Waals surface area contributed by atoms with Crippen molar-refractivity contribution in [2.24, 2.45) is 5.41 Å². The molecule has 0 unspecified atom stereocenters. The molecule has 0 radical (unpaired) electrons. The highest BCUT2D eigenvalue weighted by atomic mass is 16.5. The zero-order valence-electron chi connectivity index (χ0n) is 28.2. The number of methoxy groups -OCH3 is 2. The van der Waals surface area contributed by atoms with Gasteiger partial charge in [-0.2, -0.15) is 0 Å². The summed E-state index contributed by atoms with van der Waals surface area (Å²) in [7, 11) is 3.00. The lowest BCUT2D eigenvalue weighted by atomic mass is 9.57. The molecule has 6 atom stereocenters. The number of hydrogen-bond donors (Lipinski definition) is 5. The molecule has 1 saturated heterocycles. The van der Waals surface area contributed by atoms with Gasteiger partial charge in [0, 0.05) is 5.41 Å². The van der Waals surface area contributed by atoms with Gasteiger partial charge in [-0.3, -0.25) is 0 Å². The Morgan fingerprint density at radius 3 is 1.80 bits per heavy atom. The van der Waals surface area contributed by atoms with Gasteiger partial charge in [0.15, 0.2) is 23.0 Å². The second kappa shape index (κ2) is 12.0. The largest absolute Gasteiger partial charge is 0.508 e. The minimum atomic E-state index is -1.42. The molecule has 3 aliphatic rings. The first-order chi connectivity index (χ1) is 23.4. The number of ether oxygens (including phenoxy) is 4. The lowest BCUT2D eigenvalue weighted by molar-refractivity contribution is -0.0772. The van der Waals surface area contributed by atoms with Crippen molar-refractivity contribution in [3.8, 4) is 34.5 Å². The van der Waals surface area contributed by atoms with E-state index in [1.807, 2.05) is 51.1 Å². The van der Waals surface area contributed by atoms with Crippen LogP contribution in [-0.2, 0) is 9.47 Å². The monoisotopic (exact) mass is 666 g/mol. The van der Waals surface area contributed by atoms with Gasteiger partial charge >= 0.3 is 0 Å². The number of benzene rings is 4. The van der Waals surface area contributed by atoms with Crippen molar-refractivity contribution >= 4 is 0 Å². The fourth-order valence-corrected chi connectivity index (χ4v) is 8.27. The summed E-state index contributed by atoms with van der Waals surface area (Å²) in [6, 6.07) is 21.2. The van der Waals surface area contributed by atoms with E-state index < -0.39 is 35.4 Å². The molecule has 4 aromatic carbocycles. The Kier molecular flexibility index (Phi) is 8.05. The number of aromatic hydroxyl groups is 4. The van der Waals surface area contributed by atoms with Crippen LogP contribution in [0.5, 0.6) is 34.5 Å². The Morgan fingerprint density at radius 2 is 1.16 bits per heavy atom. The van der Waals surface area contributed by atoms with Crippen LogP contribution in [0.25, 0.3) is 0 Å². The molecule has 1 fully saturated rings. The van der Waals surface area contributed by atoms with E-state index in [4.69, 9.17) is 18.9 Å². The summed E-state index contributed by atoms with van der Waals surface area (Å²) in [4.78, 5) is 0. The van der Waals surface area contributed by atoms with Gasteiger partial charge in [0.2, 0.25) is 0 Å². The third-order valence-electron chi connectivity index (χ3n) is 11.0. The molecule has 0 amide bonds. The Bertz CT molecular complexity index is 1960. The molecule has 9 heteroatoms. The highest BCUT2D eigenvalue weighted by Crippen LogP contribution is 2.69. The van der Waals surface area contributed by atoms with E-state index in [0.29, 0.717) is 41.9 Å². The maximum absolute atomic E-state index is 12.9. The fraction of sp³-hybridized carbons (Fsp3) is 0.350. The molecule has 0 bridgehead atoms. The summed E-state index contributed by atoms with van der Waals surface area (Å²) in [5.74, 6) is 1.01. The number of rotatable bonds is 6. The molecule has 5 N–H and O–H groups in total. The second-order valence-electron chi connectivity index (χ2n) is 13.8. The van der Waals surface area contributed by atoms with Crippen LogP contribution in [0, 0.1) is 19.3 Å². The molecule has 0 aromatic heterocycles. The number of phenols is 4. The van der Waals surface area contributed by atoms with Gasteiger partial charge in [-0.05, 0) is 133 Å². The van der Waals surface area contributed by atoms with Crippen molar-refractivity contribution in [2.75, 3.05) is 14.2 Å². The van der Waals surface area contributed by atoms with Crippen LogP contribution in [0.1, 0.15) is 84.0 Å². The van der Waals surface area contributed by atoms with Gasteiger partial charge in [0.25, 0.3) is 0 Å². The molecule has 1 spiro atoms. The van der Waals surface area contributed by atoms with Crippen molar-refractivity contribution < 1.29 is 44.5 Å². The topological polar surface area (TPSA) is 138 Å². The van der Waals surface area contributed by atoms with Gasteiger partial charge in [-0.15, -0.1) is 0 Å². The van der Waals surface area contributed by atoms with E-state index in [1.54, 1.807) is 42.5 Å². The molecule has 4 aromatic rings. The molecule has 1 aliphatic carbocycles. The highest BCUT2D eigenvalue weighted by Gasteiger charge is 2.66. The van der Waals surface area contributed by atoms with Crippen LogP contribution in [0.3, 0.4) is 0 Å². The third kappa shape index (κ3) is 5.19. The van der Waals surface area contributed by atoms with Gasteiger partial charge in [0.05, 0.1) is 20.3 Å². The minimum Gasteiger partial charge on any atom is -0.508 e. The van der Waals surface area contributed by atoms with Crippen LogP contribution in [0.4, 0.5) is 0 Å². The van der Waals surface area contributed by atoms with E-state index in [2.05, 4.69) is 0 Å². The predicted octanol–water partition coefficient (Wildman–Crippen LogP) is 7.69. The van der Waals surface area contributed by atoms with E-state index in [-0.39, 0.29) is 23.0 Å². The number of hydrogen-bond acceptors (Lipinski definition) is 9. The Balaban J connectivity index is 1.40. The smallest absolute Gasteiger partial charge is 0.160 e. The summed E-state index contributed by atoms with van der Waals surface area (Å²) in [5, 5.41) is 54.8. The van der Waals surface area contributed by atoms with Crippen LogP contribution in [0.15, 0.2) is 83.9 Å². The average molecular weight is 667 g/mol. The second-order valence-corrected chi connectivity index (χ2v) is 13.8. The normalized spacial score (nSPS) is 27.8. The van der Waals surface area contributed by atoms with Crippen molar-refractivity contribution in [2.45, 2.75) is 70.1 Å². The minimum absolute atomic E-state index is 0.0165. The molecule has 9 nitrogen and oxygen atoms in total. The van der Waals surface area contributed by atoms with Gasteiger partial charge in [-0.1, -0.05) is 24.3 Å². The fourth-order valence-electron chi connectivity index (χ4n) is 8.27. The first-order valence-corrected chi connectivity index (χ1v) is 16.5. The maximum atomic E-state index is 12.9. The first-order valence-electron chi connectivity index (χ1n) is 16.5. The Labute approximate surface area is 285 Å². The van der Waals surface area contributed by atoms with Gasteiger partial charge < -0.3 is 44.5 Å². The standard InChI is InChI=1S/C40H42O9/c1-21-16-23(6-10-29(21)41)35-27-14-15-40(20-28(27)36(48-35)24-7-12-31(43)34(19-24)47-5)38(26-9-13-33(46-4)32(44)18-26)49-37(39(40,3)45)25-8-11-30(42)22(2)17-25/h6-13,16-19,35-38,41-45H,14-15,20H2,1-5H3/t35-,36+,37+,38-,39+,40+/m0/s1. The quantitative estimate of drug-likeness (QED) is 0.131. The van der Waals surface area contributed by atoms with Crippen molar-refractivity contribution in [1.29, 1.82) is 0 Å². The van der Waals surface area contributed by atoms with Crippen LogP contribution >= 0.6 is 0 Å². The van der Waals surface area contributed by atoms with Crippen molar-refractivity contribution in [3.05, 3.63) is 117 Å². The molecular formula is C40H42O9. The van der Waals surface area contributed by atoms with E-state index in [1.165, 1.54) is 14.2 Å². The average Bonchev–Trinajstić information content (AvgIpc) is 3.56. The van der Waals surface area contributed by atoms with Crippen molar-refractivity contribution in [1.82, 2.24) is 0 Å². The highest BCUT2D eigenvalue weighted by molar-refractivity contribution is 5.50. The molecule has 2 aliphatic heterocycles. The lowest BCUT2D eigenvalue weighted by Crippen LogP contribution is -2.48. The molecule has 0 saturated carbocycles. The molecule has 256 valence electrons. The van der Waals surface area contributed by atoms with Crippen LogP contribution in [0.2, 0.25) is 0 Å². The molecule has 7 rings (SSSR count). The zero-order valence-corrected chi connectivity index (χ0v) is 28.2. The van der Waals surface area contributed by atoms with E-state index >= 15 is 0 Å². The summed E-state index contributed by atoms with van der Waals surface area (Å²) in [6.07, 6.45) is -0.788. The number of aryl methyl sites for hydroxylation is 2.